The van der Waals surface area contributed by atoms with Crippen LogP contribution in [0.15, 0.2) is 51.1 Å². The van der Waals surface area contributed by atoms with Gasteiger partial charge < -0.3 is 30.9 Å². The number of benzene rings is 3. The molecule has 0 atom stereocenters. The molecular formula is C21H21Cl3N3NiO9S3. The Morgan fingerprint density at radius 1 is 0.500 bits per heavy atom. The summed E-state index contributed by atoms with van der Waals surface area (Å²) in [6.07, 6.45) is 0. The SMILES string of the molecule is Cc1ccc(N)c(Cl)c1S(=O)(=O)[O-].Cc1ccc(N)c(Cl)c1S(=O)(=O)[O-].Cc1ccc(N)c(Cl)c1S(=O)(=O)[O-].[Ni+3]. The van der Waals surface area contributed by atoms with E-state index >= 15 is 0 Å². The fraction of sp³-hybridized carbons (Fsp3) is 0.143. The Balaban J connectivity index is 0.000000563. The summed E-state index contributed by atoms with van der Waals surface area (Å²) in [5.41, 5.74) is 17.2. The van der Waals surface area contributed by atoms with Gasteiger partial charge in [0.05, 0.1) is 46.8 Å². The van der Waals surface area contributed by atoms with Crippen molar-refractivity contribution in [3.63, 3.8) is 0 Å². The molecule has 40 heavy (non-hydrogen) atoms. The average Bonchev–Trinajstić information content (AvgIpc) is 2.75. The molecule has 0 bridgehead atoms. The first-order valence-corrected chi connectivity index (χ1v) is 15.4. The van der Waals surface area contributed by atoms with Crippen LogP contribution in [-0.4, -0.2) is 38.9 Å². The van der Waals surface area contributed by atoms with Gasteiger partial charge in [-0.05, 0) is 55.7 Å². The number of aryl methyl sites for hydroxylation is 3. The Kier molecular flexibility index (Phi) is 13.7. The maximum absolute atomic E-state index is 10.7. The molecule has 0 saturated carbocycles. The van der Waals surface area contributed by atoms with E-state index in [9.17, 15) is 38.9 Å². The van der Waals surface area contributed by atoms with Crippen molar-refractivity contribution in [3.05, 3.63) is 68.2 Å². The van der Waals surface area contributed by atoms with E-state index < -0.39 is 45.0 Å². The molecule has 0 amide bonds. The van der Waals surface area contributed by atoms with Crippen molar-refractivity contribution >= 4 is 82.2 Å². The first-order chi connectivity index (χ1) is 17.5. The number of hydrogen-bond acceptors (Lipinski definition) is 12. The predicted molar refractivity (Wildman–Crippen MR) is 146 cm³/mol. The smallest absolute Gasteiger partial charge is 0.744 e. The van der Waals surface area contributed by atoms with E-state index in [2.05, 4.69) is 0 Å². The van der Waals surface area contributed by atoms with Gasteiger partial charge in [0, 0.05) is 0 Å². The maximum Gasteiger partial charge on any atom is 3.00 e. The van der Waals surface area contributed by atoms with E-state index in [1.165, 1.54) is 57.2 Å². The van der Waals surface area contributed by atoms with Crippen molar-refractivity contribution in [3.8, 4) is 0 Å². The second-order valence-electron chi connectivity index (χ2n) is 7.71. The largest absolute Gasteiger partial charge is 3.00 e. The van der Waals surface area contributed by atoms with Crippen molar-refractivity contribution in [2.24, 2.45) is 0 Å². The Morgan fingerprint density at radius 2 is 0.675 bits per heavy atom. The van der Waals surface area contributed by atoms with Crippen LogP contribution in [0.1, 0.15) is 16.7 Å². The third-order valence-electron chi connectivity index (χ3n) is 4.72. The molecule has 223 valence electrons. The van der Waals surface area contributed by atoms with E-state index in [0.717, 1.165) is 0 Å². The molecule has 1 radical (unpaired) electrons. The van der Waals surface area contributed by atoms with Gasteiger partial charge in [-0.2, -0.15) is 0 Å². The van der Waals surface area contributed by atoms with Crippen LogP contribution in [0, 0.1) is 20.8 Å². The number of halogens is 3. The molecule has 12 nitrogen and oxygen atoms in total. The predicted octanol–water partition coefficient (Wildman–Crippen LogP) is 3.40. The molecule has 3 aromatic carbocycles. The second-order valence-corrected chi connectivity index (χ2v) is 12.8. The molecule has 0 spiro atoms. The van der Waals surface area contributed by atoms with Gasteiger partial charge in [0.1, 0.15) is 30.4 Å². The molecule has 19 heteroatoms. The van der Waals surface area contributed by atoms with Crippen molar-refractivity contribution in [2.45, 2.75) is 35.5 Å². The molecule has 0 heterocycles. The standard InChI is InChI=1S/3C7H8ClNO3S.Ni/c3*1-4-2-3-5(9)6(8)7(4)13(10,11)12;/h3*2-3H,9H2,1H3,(H,10,11,12);/q;;;+3/p-3. The molecule has 3 aromatic rings. The summed E-state index contributed by atoms with van der Waals surface area (Å²) in [4.78, 5) is -1.31. The third-order valence-corrected chi connectivity index (χ3v) is 9.36. The van der Waals surface area contributed by atoms with Gasteiger partial charge >= 0.3 is 16.5 Å². The summed E-state index contributed by atoms with van der Waals surface area (Å²) < 4.78 is 96.6. The second kappa shape index (κ2) is 14.4. The van der Waals surface area contributed by atoms with E-state index in [1.54, 1.807) is 0 Å². The van der Waals surface area contributed by atoms with Crippen LogP contribution in [0.5, 0.6) is 0 Å². The Labute approximate surface area is 257 Å². The van der Waals surface area contributed by atoms with Crippen LogP contribution < -0.4 is 17.2 Å². The van der Waals surface area contributed by atoms with Crippen LogP contribution in [0.3, 0.4) is 0 Å². The zero-order valence-electron chi connectivity index (χ0n) is 20.5. The van der Waals surface area contributed by atoms with Gasteiger partial charge in [0.2, 0.25) is 0 Å². The molecule has 0 saturated heterocycles. The van der Waals surface area contributed by atoms with Gasteiger partial charge in [-0.15, -0.1) is 0 Å². The Morgan fingerprint density at radius 3 is 0.800 bits per heavy atom. The summed E-state index contributed by atoms with van der Waals surface area (Å²) >= 11 is 16.7. The number of nitrogen functional groups attached to an aromatic ring is 3. The number of anilines is 3. The van der Waals surface area contributed by atoms with Crippen LogP contribution in [0.25, 0.3) is 0 Å². The van der Waals surface area contributed by atoms with Crippen molar-refractivity contribution in [1.29, 1.82) is 0 Å². The molecule has 6 N–H and O–H groups in total. The normalized spacial score (nSPS) is 11.3. The summed E-state index contributed by atoms with van der Waals surface area (Å²) in [6.45, 7) is 4.45. The molecule has 0 aliphatic rings. The summed E-state index contributed by atoms with van der Waals surface area (Å²) in [6, 6.07) is 8.66. The van der Waals surface area contributed by atoms with Gasteiger partial charge in [0.25, 0.3) is 0 Å². The van der Waals surface area contributed by atoms with Crippen LogP contribution in [-0.2, 0) is 46.8 Å². The molecule has 0 aliphatic carbocycles. The molecule has 0 aliphatic heterocycles. The quantitative estimate of drug-likeness (QED) is 0.200. The first-order valence-electron chi connectivity index (χ1n) is 10.0. The third kappa shape index (κ3) is 9.91. The fourth-order valence-corrected chi connectivity index (χ4v) is 6.81. The summed E-state index contributed by atoms with van der Waals surface area (Å²) in [5.74, 6) is 0. The van der Waals surface area contributed by atoms with Gasteiger partial charge in [-0.1, -0.05) is 53.0 Å². The van der Waals surface area contributed by atoms with Crippen molar-refractivity contribution in [1.82, 2.24) is 0 Å². The van der Waals surface area contributed by atoms with Crippen molar-refractivity contribution in [2.75, 3.05) is 17.2 Å². The van der Waals surface area contributed by atoms with Crippen LogP contribution in [0.2, 0.25) is 15.1 Å². The van der Waals surface area contributed by atoms with E-state index in [1.807, 2.05) is 0 Å². The van der Waals surface area contributed by atoms with E-state index in [0.29, 0.717) is 16.7 Å². The topological polar surface area (TPSA) is 250 Å². The van der Waals surface area contributed by atoms with Crippen molar-refractivity contribution < 1.29 is 55.4 Å². The molecule has 0 unspecified atom stereocenters. The molecule has 3 rings (SSSR count). The maximum atomic E-state index is 10.7. The Bertz CT molecular complexity index is 1530. The number of nitrogens with two attached hydrogens (primary N) is 3. The van der Waals surface area contributed by atoms with Crippen LogP contribution in [0.4, 0.5) is 17.1 Å². The zero-order valence-corrected chi connectivity index (χ0v) is 26.3. The van der Waals surface area contributed by atoms with Gasteiger partial charge in [-0.25, -0.2) is 25.3 Å². The fourth-order valence-electron chi connectivity index (χ4n) is 2.92. The molecular weight excluding hydrogens is 699 g/mol. The zero-order chi connectivity index (χ0) is 30.7. The summed E-state index contributed by atoms with van der Waals surface area (Å²) in [7, 11) is -13.6. The van der Waals surface area contributed by atoms with Gasteiger partial charge in [-0.3, -0.25) is 0 Å². The Hall–Kier alpha value is -1.85. The van der Waals surface area contributed by atoms with Crippen LogP contribution >= 0.6 is 34.8 Å². The number of rotatable bonds is 3. The molecule has 0 aromatic heterocycles. The van der Waals surface area contributed by atoms with Gasteiger partial charge in [0.15, 0.2) is 0 Å². The monoisotopic (exact) mass is 718 g/mol. The average molecular weight is 721 g/mol. The minimum atomic E-state index is -4.55. The molecule has 0 fully saturated rings. The van der Waals surface area contributed by atoms with E-state index in [-0.39, 0.29) is 48.6 Å². The minimum absolute atomic E-state index is 0. The number of hydrogen-bond donors (Lipinski definition) is 3. The first kappa shape index (κ1) is 38.2. The minimum Gasteiger partial charge on any atom is -0.744 e. The summed E-state index contributed by atoms with van der Waals surface area (Å²) in [5, 5.41) is -0.597. The van der Waals surface area contributed by atoms with E-state index in [4.69, 9.17) is 52.0 Å².